The number of ether oxygens (including phenoxy) is 1. The van der Waals surface area contributed by atoms with Gasteiger partial charge >= 0.3 is 0 Å². The number of rotatable bonds is 8. The monoisotopic (exact) mass is 334 g/mol. The summed E-state index contributed by atoms with van der Waals surface area (Å²) < 4.78 is 5.89. The lowest BCUT2D eigenvalue weighted by Gasteiger charge is -2.22. The van der Waals surface area contributed by atoms with Crippen LogP contribution in [0.25, 0.3) is 0 Å². The van der Waals surface area contributed by atoms with Gasteiger partial charge in [-0.2, -0.15) is 0 Å². The third kappa shape index (κ3) is 5.49. The Balaban J connectivity index is 1.84. The number of carbonyl (C=O) groups excluding carboxylic acids is 1. The second-order valence-corrected chi connectivity index (χ2v) is 6.60. The Labute approximate surface area is 144 Å². The summed E-state index contributed by atoms with van der Waals surface area (Å²) in [6, 6.07) is 3.84. The summed E-state index contributed by atoms with van der Waals surface area (Å²) in [6.07, 6.45) is 4.84. The lowest BCUT2D eigenvalue weighted by molar-refractivity contribution is 0.0943. The van der Waals surface area contributed by atoms with Crippen molar-refractivity contribution in [2.24, 2.45) is 5.92 Å². The molecular weight excluding hydrogens is 304 g/mol. The number of carbonyl (C=O) groups is 1. The van der Waals surface area contributed by atoms with E-state index in [1.165, 1.54) is 19.3 Å². The van der Waals surface area contributed by atoms with Crippen molar-refractivity contribution in [3.63, 3.8) is 0 Å². The smallest absolute Gasteiger partial charge is 0.251 e. The molecule has 2 rings (SSSR count). The molecule has 1 aliphatic rings. The van der Waals surface area contributed by atoms with E-state index in [4.69, 9.17) is 9.84 Å². The van der Waals surface area contributed by atoms with Crippen LogP contribution in [0.3, 0.4) is 0 Å². The predicted molar refractivity (Wildman–Crippen MR) is 95.7 cm³/mol. The minimum Gasteiger partial charge on any atom is -0.494 e. The zero-order valence-electron chi connectivity index (χ0n) is 14.9. The molecule has 1 fully saturated rings. The van der Waals surface area contributed by atoms with E-state index in [1.54, 1.807) is 0 Å². The van der Waals surface area contributed by atoms with Gasteiger partial charge in [0, 0.05) is 12.1 Å². The van der Waals surface area contributed by atoms with E-state index < -0.39 is 0 Å². The van der Waals surface area contributed by atoms with E-state index in [0.717, 1.165) is 48.9 Å². The van der Waals surface area contributed by atoms with Crippen LogP contribution in [-0.2, 0) is 0 Å². The van der Waals surface area contributed by atoms with Crippen LogP contribution in [0.15, 0.2) is 12.1 Å². The second kappa shape index (κ2) is 9.64. The van der Waals surface area contributed by atoms with Crippen molar-refractivity contribution in [3.05, 3.63) is 28.8 Å². The number of nitrogens with one attached hydrogen (secondary N) is 2. The zero-order chi connectivity index (χ0) is 17.4. The first-order valence-electron chi connectivity index (χ1n) is 8.95. The fraction of sp³-hybridized carbons (Fsp3) is 0.632. The van der Waals surface area contributed by atoms with Crippen molar-refractivity contribution in [1.82, 2.24) is 10.6 Å². The van der Waals surface area contributed by atoms with Gasteiger partial charge in [0.05, 0.1) is 13.2 Å². The van der Waals surface area contributed by atoms with Crippen molar-refractivity contribution < 1.29 is 14.6 Å². The van der Waals surface area contributed by atoms with Crippen LogP contribution >= 0.6 is 0 Å². The first-order valence-corrected chi connectivity index (χ1v) is 8.95. The molecular formula is C19H30N2O3. The first-order chi connectivity index (χ1) is 11.6. The molecule has 0 spiro atoms. The molecule has 0 aromatic heterocycles. The summed E-state index contributed by atoms with van der Waals surface area (Å²) >= 11 is 0. The lowest BCUT2D eigenvalue weighted by Crippen LogP contribution is -2.28. The summed E-state index contributed by atoms with van der Waals surface area (Å²) in [4.78, 5) is 12.1. The van der Waals surface area contributed by atoms with Crippen LogP contribution in [0.1, 0.15) is 47.2 Å². The number of piperidine rings is 1. The number of aliphatic hydroxyl groups is 1. The molecule has 3 N–H and O–H groups in total. The summed E-state index contributed by atoms with van der Waals surface area (Å²) in [7, 11) is 0. The van der Waals surface area contributed by atoms with Crippen molar-refractivity contribution in [2.75, 3.05) is 32.8 Å². The van der Waals surface area contributed by atoms with Gasteiger partial charge in [-0.15, -0.1) is 0 Å². The van der Waals surface area contributed by atoms with Crippen LogP contribution in [0.4, 0.5) is 0 Å². The molecule has 0 radical (unpaired) electrons. The fourth-order valence-electron chi connectivity index (χ4n) is 3.36. The molecule has 0 atom stereocenters. The first kappa shape index (κ1) is 18.7. The Morgan fingerprint density at radius 3 is 2.58 bits per heavy atom. The molecule has 1 saturated heterocycles. The zero-order valence-corrected chi connectivity index (χ0v) is 14.9. The highest BCUT2D eigenvalue weighted by Crippen LogP contribution is 2.23. The molecule has 0 bridgehead atoms. The summed E-state index contributed by atoms with van der Waals surface area (Å²) in [5.74, 6) is 1.52. The van der Waals surface area contributed by atoms with Gasteiger partial charge in [0.2, 0.25) is 0 Å². The fourth-order valence-corrected chi connectivity index (χ4v) is 3.36. The largest absolute Gasteiger partial charge is 0.494 e. The van der Waals surface area contributed by atoms with Gasteiger partial charge < -0.3 is 20.5 Å². The number of hydrogen-bond acceptors (Lipinski definition) is 4. The maximum Gasteiger partial charge on any atom is 0.251 e. The van der Waals surface area contributed by atoms with Crippen LogP contribution in [-0.4, -0.2) is 43.9 Å². The molecule has 1 aromatic carbocycles. The van der Waals surface area contributed by atoms with E-state index >= 15 is 0 Å². The Morgan fingerprint density at radius 1 is 1.29 bits per heavy atom. The van der Waals surface area contributed by atoms with Gasteiger partial charge in [0.1, 0.15) is 5.75 Å². The molecule has 1 aromatic rings. The average molecular weight is 334 g/mol. The molecule has 24 heavy (non-hydrogen) atoms. The third-order valence-corrected chi connectivity index (χ3v) is 4.61. The van der Waals surface area contributed by atoms with Crippen molar-refractivity contribution in [1.29, 1.82) is 0 Å². The number of aryl methyl sites for hydroxylation is 2. The maximum atomic E-state index is 12.1. The van der Waals surface area contributed by atoms with E-state index in [1.807, 2.05) is 26.0 Å². The van der Waals surface area contributed by atoms with Crippen molar-refractivity contribution in [3.8, 4) is 5.75 Å². The van der Waals surface area contributed by atoms with Gasteiger partial charge in [0.15, 0.2) is 0 Å². The topological polar surface area (TPSA) is 70.6 Å². The minimum atomic E-state index is -0.142. The molecule has 5 heteroatoms. The Kier molecular flexibility index (Phi) is 7.53. The van der Waals surface area contributed by atoms with Crippen molar-refractivity contribution in [2.45, 2.75) is 39.5 Å². The predicted octanol–water partition coefficient (Wildman–Crippen LogP) is 2.18. The minimum absolute atomic E-state index is 0.0535. The van der Waals surface area contributed by atoms with Gasteiger partial charge in [-0.1, -0.05) is 0 Å². The number of amides is 1. The summed E-state index contributed by atoms with van der Waals surface area (Å²) in [5, 5.41) is 14.9. The number of benzene rings is 1. The molecule has 1 amide bonds. The van der Waals surface area contributed by atoms with Gasteiger partial charge in [-0.3, -0.25) is 4.79 Å². The standard InChI is InChI=1S/C19H30N2O3/c1-14-12-17(13-15(2)18(14)19(23)21-9-10-22)24-11-3-4-16-5-7-20-8-6-16/h12-13,16,20,22H,3-11H2,1-2H3,(H,21,23). The Morgan fingerprint density at radius 2 is 1.96 bits per heavy atom. The van der Waals surface area contributed by atoms with Crippen LogP contribution < -0.4 is 15.4 Å². The lowest BCUT2D eigenvalue weighted by atomic mass is 9.93. The van der Waals surface area contributed by atoms with Gasteiger partial charge in [-0.05, 0) is 81.8 Å². The van der Waals surface area contributed by atoms with Crippen molar-refractivity contribution >= 4 is 5.91 Å². The van der Waals surface area contributed by atoms with E-state index in [9.17, 15) is 4.79 Å². The maximum absolute atomic E-state index is 12.1. The molecule has 0 unspecified atom stereocenters. The van der Waals surface area contributed by atoms with E-state index in [2.05, 4.69) is 10.6 Å². The normalized spacial score (nSPS) is 15.3. The van der Waals surface area contributed by atoms with Gasteiger partial charge in [-0.25, -0.2) is 0 Å². The van der Waals surface area contributed by atoms with Crippen LogP contribution in [0.5, 0.6) is 5.75 Å². The highest BCUT2D eigenvalue weighted by molar-refractivity contribution is 5.97. The highest BCUT2D eigenvalue weighted by atomic mass is 16.5. The molecule has 1 heterocycles. The SMILES string of the molecule is Cc1cc(OCCCC2CCNCC2)cc(C)c1C(=O)NCCO. The molecule has 0 saturated carbocycles. The molecule has 5 nitrogen and oxygen atoms in total. The quantitative estimate of drug-likeness (QED) is 0.637. The number of aliphatic hydroxyl groups excluding tert-OH is 1. The Hall–Kier alpha value is -1.59. The highest BCUT2D eigenvalue weighted by Gasteiger charge is 2.14. The Bertz CT molecular complexity index is 516. The molecule has 0 aliphatic carbocycles. The number of hydrogen-bond donors (Lipinski definition) is 3. The second-order valence-electron chi connectivity index (χ2n) is 6.60. The third-order valence-electron chi connectivity index (χ3n) is 4.61. The van der Waals surface area contributed by atoms with E-state index in [0.29, 0.717) is 5.56 Å². The van der Waals surface area contributed by atoms with E-state index in [-0.39, 0.29) is 19.1 Å². The van der Waals surface area contributed by atoms with Crippen LogP contribution in [0.2, 0.25) is 0 Å². The molecule has 1 aliphatic heterocycles. The summed E-state index contributed by atoms with van der Waals surface area (Å²) in [6.45, 7) is 7.06. The van der Waals surface area contributed by atoms with Crippen LogP contribution in [0, 0.1) is 19.8 Å². The average Bonchev–Trinajstić information content (AvgIpc) is 2.57. The summed E-state index contributed by atoms with van der Waals surface area (Å²) in [5.41, 5.74) is 2.48. The van der Waals surface area contributed by atoms with Gasteiger partial charge in [0.25, 0.3) is 5.91 Å². The molecule has 134 valence electrons.